The van der Waals surface area contributed by atoms with E-state index in [4.69, 9.17) is 19.9 Å². The average Bonchev–Trinajstić information content (AvgIpc) is 3.78. The Morgan fingerprint density at radius 3 is 2.23 bits per heavy atom. The van der Waals surface area contributed by atoms with Crippen molar-refractivity contribution in [3.8, 4) is 0 Å². The second-order valence-electron chi connectivity index (χ2n) is 13.1. The van der Waals surface area contributed by atoms with E-state index in [2.05, 4.69) is 0 Å². The van der Waals surface area contributed by atoms with Crippen molar-refractivity contribution in [2.45, 2.75) is 111 Å². The zero-order valence-corrected chi connectivity index (χ0v) is 27.0. The van der Waals surface area contributed by atoms with Crippen molar-refractivity contribution < 1.29 is 44.2 Å². The van der Waals surface area contributed by atoms with Crippen LogP contribution in [0.15, 0.2) is 36.0 Å². The first-order valence-corrected chi connectivity index (χ1v) is 15.6. The fourth-order valence-corrected chi connectivity index (χ4v) is 6.01. The lowest BCUT2D eigenvalue weighted by Gasteiger charge is -2.36. The number of hydrogen-bond donors (Lipinski definition) is 5. The molecule has 0 aromatic heterocycles. The van der Waals surface area contributed by atoms with Crippen LogP contribution >= 0.6 is 0 Å². The SMILES string of the molecule is C/C(=C/[C@H](C)[C@@H](O)[C@@H](C)/C=C\[C@@H](O)C[C@@H]1OC(=O)[C@H](C)[C@@H](O)[C@H]1C)C[C@H](C)[C@@H](O)[C@H](C)[C@@H](OC(N)=O)[C@@H](C)/C=C\C1CO1. The number of rotatable bonds is 16. The first-order valence-electron chi connectivity index (χ1n) is 15.6. The molecule has 10 nitrogen and oxygen atoms in total. The van der Waals surface area contributed by atoms with Crippen molar-refractivity contribution in [1.82, 2.24) is 0 Å². The predicted octanol–water partition coefficient (Wildman–Crippen LogP) is 3.51. The van der Waals surface area contributed by atoms with Gasteiger partial charge in [-0.2, -0.15) is 0 Å². The first kappa shape index (κ1) is 36.9. The molecular weight excluding hydrogens is 554 g/mol. The van der Waals surface area contributed by atoms with Crippen molar-refractivity contribution in [3.63, 3.8) is 0 Å². The third kappa shape index (κ3) is 11.3. The number of primary amides is 1. The highest BCUT2D eigenvalue weighted by atomic mass is 16.6. The van der Waals surface area contributed by atoms with E-state index in [9.17, 15) is 30.0 Å². The highest BCUT2D eigenvalue weighted by Gasteiger charge is 2.41. The van der Waals surface area contributed by atoms with Crippen molar-refractivity contribution >= 4 is 12.1 Å². The second-order valence-corrected chi connectivity index (χ2v) is 13.1. The van der Waals surface area contributed by atoms with Crippen LogP contribution in [0.4, 0.5) is 4.79 Å². The van der Waals surface area contributed by atoms with Crippen molar-refractivity contribution in [2.75, 3.05) is 6.61 Å². The molecule has 43 heavy (non-hydrogen) atoms. The molecule has 2 rings (SSSR count). The van der Waals surface area contributed by atoms with E-state index >= 15 is 0 Å². The number of aliphatic hydroxyl groups is 4. The van der Waals surface area contributed by atoms with Gasteiger partial charge < -0.3 is 40.4 Å². The molecule has 6 N–H and O–H groups in total. The number of amides is 1. The molecule has 0 radical (unpaired) electrons. The summed E-state index contributed by atoms with van der Waals surface area (Å²) >= 11 is 0. The number of ether oxygens (including phenoxy) is 3. The minimum absolute atomic E-state index is 0.0927. The number of allylic oxidation sites excluding steroid dienone is 1. The van der Waals surface area contributed by atoms with E-state index in [1.165, 1.54) is 0 Å². The molecule has 14 atom stereocenters. The zero-order valence-electron chi connectivity index (χ0n) is 27.0. The van der Waals surface area contributed by atoms with Crippen LogP contribution < -0.4 is 5.73 Å². The van der Waals surface area contributed by atoms with Crippen LogP contribution in [0.5, 0.6) is 0 Å². The smallest absolute Gasteiger partial charge is 0.404 e. The summed E-state index contributed by atoms with van der Waals surface area (Å²) in [6, 6.07) is 0. The molecule has 2 fully saturated rings. The van der Waals surface area contributed by atoms with Gasteiger partial charge in [0.2, 0.25) is 0 Å². The van der Waals surface area contributed by atoms with Gasteiger partial charge in [-0.1, -0.05) is 77.5 Å². The summed E-state index contributed by atoms with van der Waals surface area (Å²) in [5.41, 5.74) is 6.34. The fourth-order valence-electron chi connectivity index (χ4n) is 6.01. The molecule has 2 aliphatic heterocycles. The molecule has 0 aromatic carbocycles. The lowest BCUT2D eigenvalue weighted by molar-refractivity contribution is -0.179. The van der Waals surface area contributed by atoms with E-state index in [0.717, 1.165) is 5.57 Å². The lowest BCUT2D eigenvalue weighted by atomic mass is 9.81. The van der Waals surface area contributed by atoms with Crippen LogP contribution in [-0.2, 0) is 19.0 Å². The maximum Gasteiger partial charge on any atom is 0.404 e. The van der Waals surface area contributed by atoms with Crippen molar-refractivity contribution in [1.29, 1.82) is 0 Å². The molecule has 0 bridgehead atoms. The summed E-state index contributed by atoms with van der Waals surface area (Å²) in [5, 5.41) is 42.9. The molecule has 2 heterocycles. The summed E-state index contributed by atoms with van der Waals surface area (Å²) in [6.07, 6.45) is 4.78. The minimum atomic E-state index is -0.893. The van der Waals surface area contributed by atoms with Gasteiger partial charge in [-0.3, -0.25) is 4.79 Å². The van der Waals surface area contributed by atoms with Gasteiger partial charge in [-0.25, -0.2) is 4.79 Å². The monoisotopic (exact) mass is 609 g/mol. The molecule has 2 saturated heterocycles. The molecule has 2 aliphatic rings. The Hall–Kier alpha value is -2.24. The number of nitrogens with two attached hydrogens (primary N) is 1. The Morgan fingerprint density at radius 1 is 1.02 bits per heavy atom. The summed E-state index contributed by atoms with van der Waals surface area (Å²) in [7, 11) is 0. The molecule has 1 amide bonds. The van der Waals surface area contributed by atoms with Crippen LogP contribution in [0.3, 0.4) is 0 Å². The van der Waals surface area contributed by atoms with Gasteiger partial charge in [0.15, 0.2) is 0 Å². The van der Waals surface area contributed by atoms with Crippen LogP contribution in [0, 0.1) is 41.4 Å². The van der Waals surface area contributed by atoms with Crippen LogP contribution in [0.1, 0.15) is 68.2 Å². The number of esters is 1. The van der Waals surface area contributed by atoms with Crippen LogP contribution in [0.2, 0.25) is 0 Å². The fraction of sp³-hybridized carbons (Fsp3) is 0.758. The van der Waals surface area contributed by atoms with Gasteiger partial charge in [-0.05, 0) is 26.2 Å². The predicted molar refractivity (Wildman–Crippen MR) is 164 cm³/mol. The molecule has 10 heteroatoms. The van der Waals surface area contributed by atoms with Gasteiger partial charge in [0.1, 0.15) is 12.2 Å². The van der Waals surface area contributed by atoms with E-state index in [1.807, 2.05) is 59.8 Å². The summed E-state index contributed by atoms with van der Waals surface area (Å²) in [6.45, 7) is 15.6. The van der Waals surface area contributed by atoms with Gasteiger partial charge in [-0.15, -0.1) is 0 Å². The largest absolute Gasteiger partial charge is 0.462 e. The molecule has 0 spiro atoms. The van der Waals surface area contributed by atoms with Gasteiger partial charge in [0.25, 0.3) is 0 Å². The molecule has 246 valence electrons. The number of epoxide rings is 1. The van der Waals surface area contributed by atoms with Gasteiger partial charge in [0.05, 0.1) is 43.0 Å². The standard InChI is InChI=1S/C33H55NO9/c1-17(14-21(5)29(37)23(7)31(43-33(34)40)19(3)10-12-26-16-41-26)13-20(4)28(36)18(2)9-11-25(35)15-27-22(6)30(38)24(8)32(39)42-27/h9-13,18-31,35-38H,14-16H2,1-8H3,(H2,34,40)/b11-9-,12-10-,17-13-/t18-,19-,20-,21-,22-,23-,24+,25+,26?,27-,28-,29+,30-,31-/m0/s1. The maximum atomic E-state index is 12.0. The number of cyclic esters (lactones) is 1. The second kappa shape index (κ2) is 16.7. The third-order valence-corrected chi connectivity index (χ3v) is 9.05. The number of carbonyl (C=O) groups excluding carboxylic acids is 2. The molecule has 1 unspecified atom stereocenters. The highest BCUT2D eigenvalue weighted by Crippen LogP contribution is 2.31. The Labute approximate surface area is 257 Å². The normalized spacial score (nSPS) is 31.0. The topological polar surface area (TPSA) is 172 Å². The van der Waals surface area contributed by atoms with Crippen molar-refractivity contribution in [3.05, 3.63) is 36.0 Å². The molecule has 0 saturated carbocycles. The zero-order chi connectivity index (χ0) is 32.6. The summed E-state index contributed by atoms with van der Waals surface area (Å²) in [4.78, 5) is 23.6. The van der Waals surface area contributed by atoms with Gasteiger partial charge in [0, 0.05) is 36.0 Å². The average molecular weight is 610 g/mol. The first-order chi connectivity index (χ1) is 20.0. The van der Waals surface area contributed by atoms with Crippen LogP contribution in [0.25, 0.3) is 0 Å². The molecule has 0 aromatic rings. The summed E-state index contributed by atoms with van der Waals surface area (Å²) in [5.74, 6) is -2.50. The minimum Gasteiger partial charge on any atom is -0.462 e. The molecular formula is C33H55NO9. The highest BCUT2D eigenvalue weighted by molar-refractivity contribution is 5.73. The van der Waals surface area contributed by atoms with Gasteiger partial charge >= 0.3 is 12.1 Å². The Bertz CT molecular complexity index is 993. The number of hydrogen-bond acceptors (Lipinski definition) is 9. The quantitative estimate of drug-likeness (QED) is 0.0997. The molecule has 0 aliphatic carbocycles. The number of carbonyl (C=O) groups is 2. The van der Waals surface area contributed by atoms with E-state index < -0.39 is 54.6 Å². The Kier molecular flexibility index (Phi) is 14.4. The van der Waals surface area contributed by atoms with E-state index in [0.29, 0.717) is 13.0 Å². The number of aliphatic hydroxyl groups excluding tert-OH is 4. The maximum absolute atomic E-state index is 12.0. The third-order valence-electron chi connectivity index (χ3n) is 9.05. The Morgan fingerprint density at radius 2 is 1.65 bits per heavy atom. The van der Waals surface area contributed by atoms with E-state index in [-0.39, 0.29) is 48.0 Å². The summed E-state index contributed by atoms with van der Waals surface area (Å²) < 4.78 is 16.0. The lowest BCUT2D eigenvalue weighted by Crippen LogP contribution is -2.47. The Balaban J connectivity index is 1.92. The van der Waals surface area contributed by atoms with Crippen molar-refractivity contribution in [2.24, 2.45) is 47.2 Å². The van der Waals surface area contributed by atoms with E-state index in [1.54, 1.807) is 26.0 Å². The van der Waals surface area contributed by atoms with Crippen LogP contribution in [-0.4, -0.2) is 81.8 Å².